The van der Waals surface area contributed by atoms with Crippen LogP contribution in [0.4, 0.5) is 0 Å². The number of ether oxygens (including phenoxy) is 1. The lowest BCUT2D eigenvalue weighted by atomic mass is 10.2. The van der Waals surface area contributed by atoms with Crippen molar-refractivity contribution < 1.29 is 24.2 Å². The van der Waals surface area contributed by atoms with Crippen LogP contribution in [0.3, 0.4) is 0 Å². The zero-order valence-electron chi connectivity index (χ0n) is 10.4. The molecule has 0 aromatic rings. The fraction of sp³-hybridized carbons (Fsp3) is 0.727. The average Bonchev–Trinajstić information content (AvgIpc) is 2.73. The van der Waals surface area contributed by atoms with Gasteiger partial charge in [-0.15, -0.1) is 0 Å². The molecule has 102 valence electrons. The summed E-state index contributed by atoms with van der Waals surface area (Å²) >= 11 is 0. The fourth-order valence-corrected chi connectivity index (χ4v) is 1.78. The van der Waals surface area contributed by atoms with Crippen molar-refractivity contribution in [3.8, 4) is 0 Å². The lowest BCUT2D eigenvalue weighted by Crippen LogP contribution is -2.46. The summed E-state index contributed by atoms with van der Waals surface area (Å²) in [6.45, 7) is 3.17. The van der Waals surface area contributed by atoms with Crippen LogP contribution in [0.1, 0.15) is 26.7 Å². The predicted molar refractivity (Wildman–Crippen MR) is 61.8 cm³/mol. The third-order valence-electron chi connectivity index (χ3n) is 2.70. The number of amides is 2. The number of rotatable bonds is 5. The van der Waals surface area contributed by atoms with Gasteiger partial charge < -0.3 is 20.5 Å². The predicted octanol–water partition coefficient (Wildman–Crippen LogP) is -0.741. The first-order valence-electron chi connectivity index (χ1n) is 5.83. The Balaban J connectivity index is 2.27. The highest BCUT2D eigenvalue weighted by molar-refractivity contribution is 5.86. The Kier molecular flexibility index (Phi) is 5.08. The SMILES string of the molecule is CC(=O)NC(C)C(=O)NCC1CCC(C(=O)O)O1. The summed E-state index contributed by atoms with van der Waals surface area (Å²) in [7, 11) is 0. The number of carbonyl (C=O) groups excluding carboxylic acids is 2. The van der Waals surface area contributed by atoms with Crippen molar-refractivity contribution in [3.63, 3.8) is 0 Å². The summed E-state index contributed by atoms with van der Waals surface area (Å²) < 4.78 is 5.23. The highest BCUT2D eigenvalue weighted by atomic mass is 16.5. The van der Waals surface area contributed by atoms with Crippen molar-refractivity contribution in [1.29, 1.82) is 0 Å². The van der Waals surface area contributed by atoms with Gasteiger partial charge in [0.1, 0.15) is 6.04 Å². The standard InChI is InChI=1S/C11H18N2O5/c1-6(13-7(2)14)10(15)12-5-8-3-4-9(18-8)11(16)17/h6,8-9H,3-5H2,1-2H3,(H,12,15)(H,13,14)(H,16,17). The molecule has 3 N–H and O–H groups in total. The minimum atomic E-state index is -0.976. The van der Waals surface area contributed by atoms with Crippen LogP contribution >= 0.6 is 0 Å². The first kappa shape index (κ1) is 14.4. The summed E-state index contributed by atoms with van der Waals surface area (Å²) in [5.74, 6) is -1.57. The van der Waals surface area contributed by atoms with Crippen LogP contribution < -0.4 is 10.6 Å². The maximum absolute atomic E-state index is 11.6. The molecular weight excluding hydrogens is 240 g/mol. The fourth-order valence-electron chi connectivity index (χ4n) is 1.78. The van der Waals surface area contributed by atoms with Gasteiger partial charge in [0.05, 0.1) is 6.10 Å². The van der Waals surface area contributed by atoms with Gasteiger partial charge >= 0.3 is 5.97 Å². The Morgan fingerprint density at radius 3 is 2.56 bits per heavy atom. The van der Waals surface area contributed by atoms with Gasteiger partial charge in [-0.2, -0.15) is 0 Å². The van der Waals surface area contributed by atoms with Crippen molar-refractivity contribution in [2.45, 2.75) is 44.9 Å². The second-order valence-corrected chi connectivity index (χ2v) is 4.33. The molecule has 0 aliphatic carbocycles. The van der Waals surface area contributed by atoms with Gasteiger partial charge in [-0.1, -0.05) is 0 Å². The van der Waals surface area contributed by atoms with E-state index in [1.165, 1.54) is 6.92 Å². The minimum Gasteiger partial charge on any atom is -0.479 e. The molecule has 3 atom stereocenters. The summed E-state index contributed by atoms with van der Waals surface area (Å²) in [6, 6.07) is -0.612. The van der Waals surface area contributed by atoms with Crippen molar-refractivity contribution in [2.75, 3.05) is 6.54 Å². The topological polar surface area (TPSA) is 105 Å². The second-order valence-electron chi connectivity index (χ2n) is 4.33. The Labute approximate surface area is 105 Å². The largest absolute Gasteiger partial charge is 0.479 e. The van der Waals surface area contributed by atoms with Crippen molar-refractivity contribution in [3.05, 3.63) is 0 Å². The van der Waals surface area contributed by atoms with Gasteiger partial charge in [-0.3, -0.25) is 9.59 Å². The van der Waals surface area contributed by atoms with Gasteiger partial charge in [0.2, 0.25) is 11.8 Å². The Bertz CT molecular complexity index is 344. The van der Waals surface area contributed by atoms with Crippen LogP contribution in [0.15, 0.2) is 0 Å². The highest BCUT2D eigenvalue weighted by Gasteiger charge is 2.30. The number of hydrogen-bond donors (Lipinski definition) is 3. The molecule has 0 saturated carbocycles. The average molecular weight is 258 g/mol. The third kappa shape index (κ3) is 4.33. The molecule has 3 unspecified atom stereocenters. The summed E-state index contributed by atoms with van der Waals surface area (Å²) in [4.78, 5) is 33.0. The molecule has 1 fully saturated rings. The molecule has 0 aromatic carbocycles. The summed E-state index contributed by atoms with van der Waals surface area (Å²) in [5.41, 5.74) is 0. The monoisotopic (exact) mass is 258 g/mol. The first-order chi connectivity index (χ1) is 8.40. The number of aliphatic carboxylic acids is 1. The molecule has 2 amide bonds. The Morgan fingerprint density at radius 2 is 2.06 bits per heavy atom. The highest BCUT2D eigenvalue weighted by Crippen LogP contribution is 2.19. The molecule has 1 saturated heterocycles. The zero-order valence-corrected chi connectivity index (χ0v) is 10.4. The second kappa shape index (κ2) is 6.34. The molecule has 0 spiro atoms. The minimum absolute atomic E-state index is 0.256. The van der Waals surface area contributed by atoms with E-state index in [9.17, 15) is 14.4 Å². The van der Waals surface area contributed by atoms with E-state index in [2.05, 4.69) is 10.6 Å². The Morgan fingerprint density at radius 1 is 1.39 bits per heavy atom. The molecule has 18 heavy (non-hydrogen) atoms. The van der Waals surface area contributed by atoms with Crippen LogP contribution in [0.25, 0.3) is 0 Å². The molecule has 7 heteroatoms. The van der Waals surface area contributed by atoms with E-state index in [0.29, 0.717) is 12.8 Å². The number of carboxylic acid groups (broad SMARTS) is 1. The van der Waals surface area contributed by atoms with Gasteiger partial charge in [-0.05, 0) is 19.8 Å². The van der Waals surface area contributed by atoms with E-state index in [4.69, 9.17) is 9.84 Å². The van der Waals surface area contributed by atoms with Gasteiger partial charge in [0.25, 0.3) is 0 Å². The molecule has 0 aromatic heterocycles. The third-order valence-corrected chi connectivity index (χ3v) is 2.70. The summed E-state index contributed by atoms with van der Waals surface area (Å²) in [6.07, 6.45) is 0.00217. The molecule has 7 nitrogen and oxygen atoms in total. The van der Waals surface area contributed by atoms with Crippen LogP contribution in [0.2, 0.25) is 0 Å². The van der Waals surface area contributed by atoms with Gasteiger partial charge in [0.15, 0.2) is 6.10 Å². The smallest absolute Gasteiger partial charge is 0.332 e. The van der Waals surface area contributed by atoms with Crippen LogP contribution in [0, 0.1) is 0 Å². The van der Waals surface area contributed by atoms with Crippen molar-refractivity contribution in [2.24, 2.45) is 0 Å². The van der Waals surface area contributed by atoms with E-state index in [1.54, 1.807) is 6.92 Å². The maximum Gasteiger partial charge on any atom is 0.332 e. The molecular formula is C11H18N2O5. The number of carbonyl (C=O) groups is 3. The van der Waals surface area contributed by atoms with Crippen LogP contribution in [-0.2, 0) is 19.1 Å². The number of nitrogens with one attached hydrogen (secondary N) is 2. The molecule has 0 radical (unpaired) electrons. The zero-order chi connectivity index (χ0) is 13.7. The number of hydrogen-bond acceptors (Lipinski definition) is 4. The van der Waals surface area contributed by atoms with E-state index < -0.39 is 18.1 Å². The maximum atomic E-state index is 11.6. The van der Waals surface area contributed by atoms with Gasteiger partial charge in [-0.25, -0.2) is 4.79 Å². The van der Waals surface area contributed by atoms with E-state index >= 15 is 0 Å². The van der Waals surface area contributed by atoms with Crippen LogP contribution in [0.5, 0.6) is 0 Å². The molecule has 0 bridgehead atoms. The Hall–Kier alpha value is -1.63. The lowest BCUT2D eigenvalue weighted by molar-refractivity contribution is -0.149. The van der Waals surface area contributed by atoms with E-state index in [0.717, 1.165) is 0 Å². The summed E-state index contributed by atoms with van der Waals surface area (Å²) in [5, 5.41) is 13.8. The van der Waals surface area contributed by atoms with Crippen molar-refractivity contribution >= 4 is 17.8 Å². The van der Waals surface area contributed by atoms with E-state index in [1.807, 2.05) is 0 Å². The molecule has 1 aliphatic heterocycles. The van der Waals surface area contributed by atoms with Crippen molar-refractivity contribution in [1.82, 2.24) is 10.6 Å². The normalized spacial score (nSPS) is 24.3. The van der Waals surface area contributed by atoms with Crippen LogP contribution in [-0.4, -0.2) is 47.7 Å². The molecule has 1 aliphatic rings. The number of carboxylic acids is 1. The lowest BCUT2D eigenvalue weighted by Gasteiger charge is -2.15. The quantitative estimate of drug-likeness (QED) is 0.602. The molecule has 1 rings (SSSR count). The van der Waals surface area contributed by atoms with E-state index in [-0.39, 0.29) is 24.5 Å². The molecule has 1 heterocycles. The first-order valence-corrected chi connectivity index (χ1v) is 5.83. The van der Waals surface area contributed by atoms with Gasteiger partial charge in [0, 0.05) is 13.5 Å².